The lowest BCUT2D eigenvalue weighted by molar-refractivity contribution is 0.0507. The van der Waals surface area contributed by atoms with E-state index in [2.05, 4.69) is 17.6 Å². The summed E-state index contributed by atoms with van der Waals surface area (Å²) in [6, 6.07) is 5.72. The van der Waals surface area contributed by atoms with E-state index in [1.54, 1.807) is 6.07 Å². The summed E-state index contributed by atoms with van der Waals surface area (Å²) in [7, 11) is 0. The summed E-state index contributed by atoms with van der Waals surface area (Å²) in [6.45, 7) is 10.2. The molecule has 1 amide bonds. The van der Waals surface area contributed by atoms with Crippen LogP contribution in [0.3, 0.4) is 0 Å². The second-order valence-electron chi connectivity index (χ2n) is 6.59. The van der Waals surface area contributed by atoms with Crippen LogP contribution in [-0.2, 0) is 4.74 Å². The first-order chi connectivity index (χ1) is 10.6. The largest absolute Gasteiger partial charge is 0.444 e. The minimum absolute atomic E-state index is 0.0540. The number of carbonyl (C=O) groups is 1. The normalized spacial score (nSPS) is 14.2. The van der Waals surface area contributed by atoms with Gasteiger partial charge in [-0.15, -0.1) is 0 Å². The van der Waals surface area contributed by atoms with Gasteiger partial charge in [0.05, 0.1) is 10.0 Å². The average molecular weight is 361 g/mol. The molecule has 1 aromatic carbocycles. The Morgan fingerprint density at radius 3 is 2.43 bits per heavy atom. The number of alkyl carbamates (subject to hydrolysis) is 1. The highest BCUT2D eigenvalue weighted by molar-refractivity contribution is 6.42. The van der Waals surface area contributed by atoms with Crippen LogP contribution in [0.1, 0.15) is 52.6 Å². The van der Waals surface area contributed by atoms with Crippen LogP contribution in [0.2, 0.25) is 10.0 Å². The maximum atomic E-state index is 11.7. The second kappa shape index (κ2) is 8.76. The van der Waals surface area contributed by atoms with E-state index in [1.807, 2.05) is 39.8 Å². The first kappa shape index (κ1) is 20.1. The molecule has 1 rings (SSSR count). The van der Waals surface area contributed by atoms with Gasteiger partial charge in [-0.25, -0.2) is 4.79 Å². The molecule has 0 aliphatic rings. The van der Waals surface area contributed by atoms with Crippen molar-refractivity contribution in [2.75, 3.05) is 6.54 Å². The zero-order chi connectivity index (χ0) is 17.6. The molecule has 0 aromatic heterocycles. The van der Waals surface area contributed by atoms with Gasteiger partial charge >= 0.3 is 6.09 Å². The van der Waals surface area contributed by atoms with Crippen LogP contribution < -0.4 is 10.6 Å². The summed E-state index contributed by atoms with van der Waals surface area (Å²) in [4.78, 5) is 11.7. The van der Waals surface area contributed by atoms with Gasteiger partial charge in [0.25, 0.3) is 0 Å². The van der Waals surface area contributed by atoms with E-state index in [4.69, 9.17) is 27.9 Å². The molecule has 130 valence electrons. The van der Waals surface area contributed by atoms with E-state index >= 15 is 0 Å². The van der Waals surface area contributed by atoms with Crippen molar-refractivity contribution < 1.29 is 9.53 Å². The summed E-state index contributed by atoms with van der Waals surface area (Å²) in [5.74, 6) is 0. The zero-order valence-corrected chi connectivity index (χ0v) is 15.9. The van der Waals surface area contributed by atoms with E-state index in [0.717, 1.165) is 12.0 Å². The van der Waals surface area contributed by atoms with Crippen molar-refractivity contribution in [3.8, 4) is 0 Å². The summed E-state index contributed by atoms with van der Waals surface area (Å²) >= 11 is 12.0. The number of benzene rings is 1. The third-order valence-electron chi connectivity index (χ3n) is 3.19. The molecule has 0 aliphatic heterocycles. The second-order valence-corrected chi connectivity index (χ2v) is 7.40. The number of amides is 1. The monoisotopic (exact) mass is 360 g/mol. The first-order valence-electron chi connectivity index (χ1n) is 7.80. The van der Waals surface area contributed by atoms with Crippen LogP contribution >= 0.6 is 23.2 Å². The Bertz CT molecular complexity index is 530. The molecule has 23 heavy (non-hydrogen) atoms. The van der Waals surface area contributed by atoms with Gasteiger partial charge in [0, 0.05) is 18.6 Å². The fourth-order valence-corrected chi connectivity index (χ4v) is 2.41. The van der Waals surface area contributed by atoms with E-state index in [9.17, 15) is 4.79 Å². The molecule has 2 atom stereocenters. The molecule has 6 heteroatoms. The number of hydrogen-bond donors (Lipinski definition) is 2. The van der Waals surface area contributed by atoms with Crippen LogP contribution in [0, 0.1) is 0 Å². The average Bonchev–Trinajstić information content (AvgIpc) is 2.41. The smallest absolute Gasteiger partial charge is 0.407 e. The van der Waals surface area contributed by atoms with Crippen molar-refractivity contribution in [1.29, 1.82) is 0 Å². The third-order valence-corrected chi connectivity index (χ3v) is 3.93. The predicted molar refractivity (Wildman–Crippen MR) is 96.3 cm³/mol. The molecule has 0 fully saturated rings. The lowest BCUT2D eigenvalue weighted by atomic mass is 10.0. The number of ether oxygens (including phenoxy) is 1. The van der Waals surface area contributed by atoms with Crippen LogP contribution in [0.25, 0.3) is 0 Å². The summed E-state index contributed by atoms with van der Waals surface area (Å²) in [6.07, 6.45) is 0.492. The van der Waals surface area contributed by atoms with Crippen LogP contribution in [0.5, 0.6) is 0 Å². The zero-order valence-electron chi connectivity index (χ0n) is 14.4. The highest BCUT2D eigenvalue weighted by Gasteiger charge is 2.18. The lowest BCUT2D eigenvalue weighted by Gasteiger charge is -2.24. The third kappa shape index (κ3) is 7.42. The maximum Gasteiger partial charge on any atom is 0.407 e. The van der Waals surface area contributed by atoms with Gasteiger partial charge in [-0.3, -0.25) is 0 Å². The van der Waals surface area contributed by atoms with Crippen molar-refractivity contribution in [2.24, 2.45) is 0 Å². The quantitative estimate of drug-likeness (QED) is 0.754. The van der Waals surface area contributed by atoms with Gasteiger partial charge in [-0.05, 0) is 51.8 Å². The maximum absolute atomic E-state index is 11.7. The lowest BCUT2D eigenvalue weighted by Crippen LogP contribution is -2.43. The van der Waals surface area contributed by atoms with Gasteiger partial charge < -0.3 is 15.4 Å². The number of nitrogens with one attached hydrogen (secondary N) is 2. The molecule has 0 spiro atoms. The van der Waals surface area contributed by atoms with Gasteiger partial charge in [0.2, 0.25) is 0 Å². The molecular weight excluding hydrogens is 335 g/mol. The minimum Gasteiger partial charge on any atom is -0.444 e. The molecule has 2 unspecified atom stereocenters. The fourth-order valence-electron chi connectivity index (χ4n) is 2.11. The van der Waals surface area contributed by atoms with Gasteiger partial charge in [0.15, 0.2) is 0 Å². The van der Waals surface area contributed by atoms with Crippen molar-refractivity contribution in [3.05, 3.63) is 33.8 Å². The van der Waals surface area contributed by atoms with Gasteiger partial charge in [0.1, 0.15) is 5.60 Å². The number of rotatable bonds is 6. The molecule has 2 N–H and O–H groups in total. The molecular formula is C17H26Cl2N2O2. The topological polar surface area (TPSA) is 50.4 Å². The Morgan fingerprint density at radius 1 is 1.26 bits per heavy atom. The van der Waals surface area contributed by atoms with E-state index in [0.29, 0.717) is 16.6 Å². The van der Waals surface area contributed by atoms with Crippen molar-refractivity contribution in [3.63, 3.8) is 0 Å². The van der Waals surface area contributed by atoms with Crippen LogP contribution in [0.4, 0.5) is 4.79 Å². The highest BCUT2D eigenvalue weighted by atomic mass is 35.5. The van der Waals surface area contributed by atoms with Crippen molar-refractivity contribution in [1.82, 2.24) is 10.6 Å². The van der Waals surface area contributed by atoms with Gasteiger partial charge in [-0.1, -0.05) is 36.2 Å². The Labute approximate surface area is 148 Å². The number of halogens is 2. The molecule has 0 bridgehead atoms. The summed E-state index contributed by atoms with van der Waals surface area (Å²) in [5.41, 5.74) is 0.579. The standard InChI is InChI=1S/C17H26Cl2N2O2/c1-6-15(12-7-8-13(18)14(19)9-12)20-10-11(2)21-16(22)23-17(3,4)5/h7-9,11,15,20H,6,10H2,1-5H3,(H,21,22). The molecule has 0 aliphatic carbocycles. The SMILES string of the molecule is CCC(NCC(C)NC(=O)OC(C)(C)C)c1ccc(Cl)c(Cl)c1. The highest BCUT2D eigenvalue weighted by Crippen LogP contribution is 2.26. The van der Waals surface area contributed by atoms with E-state index < -0.39 is 11.7 Å². The Morgan fingerprint density at radius 2 is 1.91 bits per heavy atom. The van der Waals surface area contributed by atoms with Crippen molar-refractivity contribution >= 4 is 29.3 Å². The molecule has 0 radical (unpaired) electrons. The van der Waals surface area contributed by atoms with Crippen LogP contribution in [0.15, 0.2) is 18.2 Å². The fraction of sp³-hybridized carbons (Fsp3) is 0.588. The van der Waals surface area contributed by atoms with Crippen molar-refractivity contribution in [2.45, 2.75) is 58.7 Å². The molecule has 1 aromatic rings. The Balaban J connectivity index is 2.53. The van der Waals surface area contributed by atoms with Crippen LogP contribution in [-0.4, -0.2) is 24.3 Å². The number of carbonyl (C=O) groups excluding carboxylic acids is 1. The first-order valence-corrected chi connectivity index (χ1v) is 8.55. The van der Waals surface area contributed by atoms with E-state index in [1.165, 1.54) is 0 Å². The summed E-state index contributed by atoms with van der Waals surface area (Å²) < 4.78 is 5.25. The molecule has 0 saturated heterocycles. The molecule has 4 nitrogen and oxygen atoms in total. The number of hydrogen-bond acceptors (Lipinski definition) is 3. The predicted octanol–water partition coefficient (Wildman–Crippen LogP) is 4.95. The van der Waals surface area contributed by atoms with Gasteiger partial charge in [-0.2, -0.15) is 0 Å². The Hall–Kier alpha value is -0.970. The molecule has 0 heterocycles. The molecule has 0 saturated carbocycles. The Kier molecular flexibility index (Phi) is 7.65. The summed E-state index contributed by atoms with van der Waals surface area (Å²) in [5, 5.41) is 7.34. The minimum atomic E-state index is -0.497. The van der Waals surface area contributed by atoms with E-state index in [-0.39, 0.29) is 12.1 Å².